The maximum Gasteiger partial charge on any atom is 0.223 e. The van der Waals surface area contributed by atoms with Gasteiger partial charge in [-0.15, -0.1) is 0 Å². The Labute approximate surface area is 151 Å². The molecule has 134 valence electrons. The molecule has 3 N–H and O–H groups in total. The number of nitrogens with one attached hydrogen (secondary N) is 1. The van der Waals surface area contributed by atoms with Gasteiger partial charge in [-0.05, 0) is 30.0 Å². The number of rotatable bonds is 10. The number of aliphatic hydroxyl groups is 2. The Balaban J connectivity index is 2.68. The van der Waals surface area contributed by atoms with Crippen LogP contribution in [0.1, 0.15) is 32.3 Å². The lowest BCUT2D eigenvalue weighted by Gasteiger charge is -2.21. The van der Waals surface area contributed by atoms with Crippen molar-refractivity contribution in [3.8, 4) is 0 Å². The summed E-state index contributed by atoms with van der Waals surface area (Å²) in [4.78, 5) is 24.7. The van der Waals surface area contributed by atoms with E-state index in [0.29, 0.717) is 12.8 Å². The van der Waals surface area contributed by atoms with Crippen molar-refractivity contribution in [1.82, 2.24) is 5.32 Å². The van der Waals surface area contributed by atoms with Gasteiger partial charge in [0, 0.05) is 23.2 Å². The smallest absolute Gasteiger partial charge is 0.223 e. The Morgan fingerprint density at radius 2 is 1.71 bits per heavy atom. The zero-order chi connectivity index (χ0) is 18.1. The number of hydrogen-bond donors (Lipinski definition) is 3. The highest BCUT2D eigenvalue weighted by molar-refractivity contribution is 9.10. The molecule has 0 saturated carbocycles. The van der Waals surface area contributed by atoms with Gasteiger partial charge in [0.05, 0.1) is 19.3 Å². The number of carbonyl (C=O) groups is 2. The Kier molecular flexibility index (Phi) is 9.18. The zero-order valence-electron chi connectivity index (χ0n) is 14.2. The minimum Gasteiger partial charge on any atom is -0.394 e. The van der Waals surface area contributed by atoms with E-state index in [2.05, 4.69) is 21.2 Å². The Hall–Kier alpha value is -1.24. The quantitative estimate of drug-likeness (QED) is 0.561. The highest BCUT2D eigenvalue weighted by Crippen LogP contribution is 2.18. The molecule has 1 rings (SSSR count). The maximum absolute atomic E-state index is 12.3. The van der Waals surface area contributed by atoms with Crippen molar-refractivity contribution in [3.05, 3.63) is 34.3 Å². The van der Waals surface area contributed by atoms with Crippen molar-refractivity contribution in [2.24, 2.45) is 11.8 Å². The summed E-state index contributed by atoms with van der Waals surface area (Å²) < 4.78 is 0.954. The Bertz CT molecular complexity index is 526. The first-order valence-corrected chi connectivity index (χ1v) is 8.93. The van der Waals surface area contributed by atoms with E-state index in [0.717, 1.165) is 10.0 Å². The average molecular weight is 400 g/mol. The highest BCUT2D eigenvalue weighted by Gasteiger charge is 2.24. The van der Waals surface area contributed by atoms with E-state index in [-0.39, 0.29) is 37.2 Å². The molecule has 0 radical (unpaired) electrons. The molecule has 0 saturated heterocycles. The first kappa shape index (κ1) is 20.8. The van der Waals surface area contributed by atoms with E-state index in [1.807, 2.05) is 38.1 Å². The first-order chi connectivity index (χ1) is 11.3. The molecule has 1 aromatic carbocycles. The minimum absolute atomic E-state index is 0.00247. The molecule has 1 amide bonds. The van der Waals surface area contributed by atoms with Gasteiger partial charge in [-0.3, -0.25) is 9.59 Å². The average Bonchev–Trinajstić information content (AvgIpc) is 2.53. The van der Waals surface area contributed by atoms with Gasteiger partial charge >= 0.3 is 0 Å². The molecule has 0 heterocycles. The predicted octanol–water partition coefficient (Wildman–Crippen LogP) is 2.08. The standard InChI is InChI=1S/C18H26BrNO4/c1-12(2)7-14(18(24)20-16(10-21)11-22)9-17(23)8-13-3-5-15(19)6-4-13/h3-6,12,14,16,21-22H,7-11H2,1-2H3,(H,20,24)/t14-/m1/s1. The second-order valence-corrected chi connectivity index (χ2v) is 7.36. The molecule has 0 aliphatic heterocycles. The van der Waals surface area contributed by atoms with Crippen LogP contribution in [0.25, 0.3) is 0 Å². The lowest BCUT2D eigenvalue weighted by atomic mass is 9.90. The summed E-state index contributed by atoms with van der Waals surface area (Å²) in [5.41, 5.74) is 0.912. The molecule has 0 spiro atoms. The molecular formula is C18H26BrNO4. The topological polar surface area (TPSA) is 86.6 Å². The summed E-state index contributed by atoms with van der Waals surface area (Å²) >= 11 is 3.36. The van der Waals surface area contributed by atoms with Gasteiger partial charge in [-0.1, -0.05) is 41.9 Å². The molecular weight excluding hydrogens is 374 g/mol. The van der Waals surface area contributed by atoms with Gasteiger partial charge in [0.1, 0.15) is 5.78 Å². The molecule has 0 aromatic heterocycles. The van der Waals surface area contributed by atoms with Crippen molar-refractivity contribution in [3.63, 3.8) is 0 Å². The van der Waals surface area contributed by atoms with Crippen LogP contribution in [0.4, 0.5) is 0 Å². The van der Waals surface area contributed by atoms with Crippen LogP contribution in [0.5, 0.6) is 0 Å². The van der Waals surface area contributed by atoms with Crippen LogP contribution in [0.15, 0.2) is 28.7 Å². The normalized spacial score (nSPS) is 12.5. The van der Waals surface area contributed by atoms with Gasteiger partial charge in [-0.2, -0.15) is 0 Å². The molecule has 5 nitrogen and oxygen atoms in total. The van der Waals surface area contributed by atoms with Gasteiger partial charge in [0.2, 0.25) is 5.91 Å². The molecule has 0 aliphatic rings. The molecule has 0 fully saturated rings. The summed E-state index contributed by atoms with van der Waals surface area (Å²) in [5.74, 6) is -0.472. The van der Waals surface area contributed by atoms with E-state index < -0.39 is 12.0 Å². The highest BCUT2D eigenvalue weighted by atomic mass is 79.9. The first-order valence-electron chi connectivity index (χ1n) is 8.14. The van der Waals surface area contributed by atoms with Gasteiger partial charge in [0.25, 0.3) is 0 Å². The summed E-state index contributed by atoms with van der Waals surface area (Å²) in [7, 11) is 0. The Morgan fingerprint density at radius 3 is 2.21 bits per heavy atom. The van der Waals surface area contributed by atoms with E-state index in [9.17, 15) is 9.59 Å². The van der Waals surface area contributed by atoms with Crippen LogP contribution < -0.4 is 5.32 Å². The van der Waals surface area contributed by atoms with Crippen molar-refractivity contribution in [1.29, 1.82) is 0 Å². The van der Waals surface area contributed by atoms with Gasteiger partial charge in [-0.25, -0.2) is 0 Å². The summed E-state index contributed by atoms with van der Waals surface area (Å²) in [6, 6.07) is 6.84. The summed E-state index contributed by atoms with van der Waals surface area (Å²) in [6.45, 7) is 3.33. The van der Waals surface area contributed by atoms with E-state index in [4.69, 9.17) is 10.2 Å². The lowest BCUT2D eigenvalue weighted by Crippen LogP contribution is -2.44. The zero-order valence-corrected chi connectivity index (χ0v) is 15.8. The van der Waals surface area contributed by atoms with Crippen LogP contribution in [0.2, 0.25) is 0 Å². The monoisotopic (exact) mass is 399 g/mol. The molecule has 24 heavy (non-hydrogen) atoms. The van der Waals surface area contributed by atoms with Crippen LogP contribution >= 0.6 is 15.9 Å². The second kappa shape index (κ2) is 10.6. The third-order valence-corrected chi connectivity index (χ3v) is 4.23. The summed E-state index contributed by atoms with van der Waals surface area (Å²) in [6.07, 6.45) is 1.03. The Morgan fingerprint density at radius 1 is 1.12 bits per heavy atom. The van der Waals surface area contributed by atoms with Crippen molar-refractivity contribution in [2.75, 3.05) is 13.2 Å². The second-order valence-electron chi connectivity index (χ2n) is 6.44. The van der Waals surface area contributed by atoms with E-state index in [1.165, 1.54) is 0 Å². The fourth-order valence-corrected chi connectivity index (χ4v) is 2.76. The van der Waals surface area contributed by atoms with Gasteiger partial charge in [0.15, 0.2) is 0 Å². The van der Waals surface area contributed by atoms with Crippen LogP contribution in [-0.2, 0) is 16.0 Å². The van der Waals surface area contributed by atoms with Gasteiger partial charge < -0.3 is 15.5 Å². The third-order valence-electron chi connectivity index (χ3n) is 3.70. The largest absolute Gasteiger partial charge is 0.394 e. The number of halogens is 1. The van der Waals surface area contributed by atoms with Crippen LogP contribution in [0.3, 0.4) is 0 Å². The SMILES string of the molecule is CC(C)C[C@H](CC(=O)Cc1ccc(Br)cc1)C(=O)NC(CO)CO. The number of Topliss-reactive ketones (excluding diaryl/α,β-unsaturated/α-hetero) is 1. The molecule has 0 bridgehead atoms. The lowest BCUT2D eigenvalue weighted by molar-refractivity contribution is -0.130. The van der Waals surface area contributed by atoms with Crippen molar-refractivity contribution >= 4 is 27.6 Å². The van der Waals surface area contributed by atoms with E-state index in [1.54, 1.807) is 0 Å². The summed E-state index contributed by atoms with van der Waals surface area (Å²) in [5, 5.41) is 20.8. The third kappa shape index (κ3) is 7.55. The van der Waals surface area contributed by atoms with Crippen LogP contribution in [0, 0.1) is 11.8 Å². The number of hydrogen-bond acceptors (Lipinski definition) is 4. The number of amides is 1. The molecule has 0 unspecified atom stereocenters. The fraction of sp³-hybridized carbons (Fsp3) is 0.556. The van der Waals surface area contributed by atoms with Crippen molar-refractivity contribution < 1.29 is 19.8 Å². The number of aliphatic hydroxyl groups excluding tert-OH is 2. The van der Waals surface area contributed by atoms with Crippen LogP contribution in [-0.4, -0.2) is 41.2 Å². The van der Waals surface area contributed by atoms with Crippen molar-refractivity contribution in [2.45, 2.75) is 39.2 Å². The number of benzene rings is 1. The molecule has 6 heteroatoms. The van der Waals surface area contributed by atoms with E-state index >= 15 is 0 Å². The molecule has 0 aliphatic carbocycles. The number of carbonyl (C=O) groups excluding carboxylic acids is 2. The number of ketones is 1. The fourth-order valence-electron chi connectivity index (χ4n) is 2.50. The minimum atomic E-state index is -0.686. The predicted molar refractivity (Wildman–Crippen MR) is 96.5 cm³/mol. The molecule has 1 atom stereocenters. The maximum atomic E-state index is 12.3. The molecule has 1 aromatic rings.